The van der Waals surface area contributed by atoms with E-state index in [1.54, 1.807) is 0 Å². The molecule has 33 heavy (non-hydrogen) atoms. The van der Waals surface area contributed by atoms with Gasteiger partial charge in [-0.05, 0) is 36.2 Å². The van der Waals surface area contributed by atoms with Crippen LogP contribution in [-0.4, -0.2) is 63.5 Å². The quantitative estimate of drug-likeness (QED) is 0.515. The largest absolute Gasteiger partial charge is 0.378 e. The van der Waals surface area contributed by atoms with E-state index in [9.17, 15) is 9.59 Å². The molecule has 0 aliphatic carbocycles. The molecule has 9 heteroatoms. The molecule has 0 bridgehead atoms. The SMILES string of the molecule is Cn1c(SCC(=O)N2CCOCC2)nnc1-c1ccc(NC(=O)CCc2ccccc2)cc1. The fraction of sp³-hybridized carbons (Fsp3) is 0.333. The standard InChI is InChI=1S/C24H27N5O3S/c1-28-23(26-27-24(28)33-17-22(31)29-13-15-32-16-14-29)19-8-10-20(11-9-19)25-21(30)12-7-18-5-3-2-4-6-18/h2-6,8-11H,7,12-17H2,1H3,(H,25,30). The van der Waals surface area contributed by atoms with Crippen molar-refractivity contribution >= 4 is 29.3 Å². The Kier molecular flexibility index (Phi) is 7.74. The van der Waals surface area contributed by atoms with Crippen molar-refractivity contribution in [1.82, 2.24) is 19.7 Å². The van der Waals surface area contributed by atoms with Gasteiger partial charge in [-0.25, -0.2) is 0 Å². The van der Waals surface area contributed by atoms with Crippen LogP contribution in [-0.2, 0) is 27.8 Å². The average molecular weight is 466 g/mol. The van der Waals surface area contributed by atoms with Crippen LogP contribution in [0.4, 0.5) is 5.69 Å². The van der Waals surface area contributed by atoms with Gasteiger partial charge in [0.2, 0.25) is 11.8 Å². The number of anilines is 1. The maximum atomic E-state index is 12.4. The molecule has 0 unspecified atom stereocenters. The number of aromatic nitrogens is 3. The zero-order chi connectivity index (χ0) is 23.0. The monoisotopic (exact) mass is 465 g/mol. The molecule has 2 amide bonds. The number of nitrogens with zero attached hydrogens (tertiary/aromatic N) is 4. The number of nitrogens with one attached hydrogen (secondary N) is 1. The number of hydrogen-bond acceptors (Lipinski definition) is 6. The molecule has 0 saturated carbocycles. The molecule has 1 aromatic heterocycles. The van der Waals surface area contributed by atoms with Gasteiger partial charge in [-0.15, -0.1) is 10.2 Å². The first kappa shape index (κ1) is 23.0. The third-order valence-electron chi connectivity index (χ3n) is 5.43. The Hall–Kier alpha value is -3.17. The number of morpholine rings is 1. The van der Waals surface area contributed by atoms with E-state index in [1.165, 1.54) is 11.8 Å². The van der Waals surface area contributed by atoms with E-state index in [1.807, 2.05) is 71.1 Å². The number of rotatable bonds is 8. The lowest BCUT2D eigenvalue weighted by molar-refractivity contribution is -0.132. The lowest BCUT2D eigenvalue weighted by Crippen LogP contribution is -2.41. The first-order valence-corrected chi connectivity index (χ1v) is 11.9. The Balaban J connectivity index is 1.30. The van der Waals surface area contributed by atoms with Crippen molar-refractivity contribution in [3.63, 3.8) is 0 Å². The number of aryl methyl sites for hydroxylation is 1. The van der Waals surface area contributed by atoms with Gasteiger partial charge in [-0.1, -0.05) is 42.1 Å². The molecule has 1 N–H and O–H groups in total. The third kappa shape index (κ3) is 6.21. The Morgan fingerprint density at radius 1 is 1.03 bits per heavy atom. The van der Waals surface area contributed by atoms with Gasteiger partial charge in [0.25, 0.3) is 0 Å². The van der Waals surface area contributed by atoms with Crippen molar-refractivity contribution in [1.29, 1.82) is 0 Å². The molecule has 172 valence electrons. The molecule has 1 saturated heterocycles. The van der Waals surface area contributed by atoms with E-state index in [0.29, 0.717) is 55.9 Å². The van der Waals surface area contributed by atoms with Gasteiger partial charge in [0.05, 0.1) is 19.0 Å². The molecule has 0 radical (unpaired) electrons. The lowest BCUT2D eigenvalue weighted by Gasteiger charge is -2.26. The van der Waals surface area contributed by atoms with Crippen molar-refractivity contribution in [3.8, 4) is 11.4 Å². The summed E-state index contributed by atoms with van der Waals surface area (Å²) in [4.78, 5) is 26.5. The summed E-state index contributed by atoms with van der Waals surface area (Å²) in [7, 11) is 1.89. The highest BCUT2D eigenvalue weighted by atomic mass is 32.2. The van der Waals surface area contributed by atoms with Crippen molar-refractivity contribution in [2.24, 2.45) is 7.05 Å². The molecule has 2 aromatic carbocycles. The number of ether oxygens (including phenoxy) is 1. The van der Waals surface area contributed by atoms with Crippen LogP contribution in [0.15, 0.2) is 59.8 Å². The maximum absolute atomic E-state index is 12.4. The van der Waals surface area contributed by atoms with Gasteiger partial charge < -0.3 is 19.5 Å². The summed E-state index contributed by atoms with van der Waals surface area (Å²) >= 11 is 1.38. The van der Waals surface area contributed by atoms with Gasteiger partial charge in [0.1, 0.15) is 0 Å². The van der Waals surface area contributed by atoms with Crippen molar-refractivity contribution < 1.29 is 14.3 Å². The van der Waals surface area contributed by atoms with E-state index in [4.69, 9.17) is 4.74 Å². The molecule has 3 aromatic rings. The molecule has 4 rings (SSSR count). The van der Waals surface area contributed by atoms with Crippen LogP contribution in [0.2, 0.25) is 0 Å². The van der Waals surface area contributed by atoms with Crippen LogP contribution >= 0.6 is 11.8 Å². The first-order chi connectivity index (χ1) is 16.1. The Bertz CT molecular complexity index is 1080. The molecular formula is C24H27N5O3S. The molecule has 8 nitrogen and oxygen atoms in total. The van der Waals surface area contributed by atoms with Gasteiger partial charge in [-0.3, -0.25) is 9.59 Å². The molecule has 0 spiro atoms. The first-order valence-electron chi connectivity index (χ1n) is 10.9. The third-order valence-corrected chi connectivity index (χ3v) is 6.44. The normalized spacial score (nSPS) is 13.7. The van der Waals surface area contributed by atoms with E-state index in [0.717, 1.165) is 16.8 Å². The molecule has 1 aliphatic rings. The van der Waals surface area contributed by atoms with Crippen LogP contribution in [0, 0.1) is 0 Å². The minimum Gasteiger partial charge on any atom is -0.378 e. The van der Waals surface area contributed by atoms with Crippen LogP contribution in [0.5, 0.6) is 0 Å². The summed E-state index contributed by atoms with van der Waals surface area (Å²) in [5.74, 6) is 1.09. The van der Waals surface area contributed by atoms with Crippen LogP contribution in [0.25, 0.3) is 11.4 Å². The number of amides is 2. The number of thioether (sulfide) groups is 1. The van der Waals surface area contributed by atoms with E-state index < -0.39 is 0 Å². The molecule has 2 heterocycles. The van der Waals surface area contributed by atoms with Gasteiger partial charge in [-0.2, -0.15) is 0 Å². The van der Waals surface area contributed by atoms with Crippen molar-refractivity contribution in [2.45, 2.75) is 18.0 Å². The zero-order valence-corrected chi connectivity index (χ0v) is 19.4. The number of carbonyl (C=O) groups is 2. The maximum Gasteiger partial charge on any atom is 0.233 e. The number of hydrogen-bond donors (Lipinski definition) is 1. The molecule has 1 aliphatic heterocycles. The summed E-state index contributed by atoms with van der Waals surface area (Å²) in [6.45, 7) is 2.46. The number of carbonyl (C=O) groups excluding carboxylic acids is 2. The van der Waals surface area contributed by atoms with Gasteiger partial charge in [0, 0.05) is 37.8 Å². The van der Waals surface area contributed by atoms with Crippen LogP contribution < -0.4 is 5.32 Å². The average Bonchev–Trinajstić information content (AvgIpc) is 3.23. The lowest BCUT2D eigenvalue weighted by atomic mass is 10.1. The predicted octanol–water partition coefficient (Wildman–Crippen LogP) is 3.00. The Morgan fingerprint density at radius 3 is 2.48 bits per heavy atom. The second-order valence-corrected chi connectivity index (χ2v) is 8.70. The predicted molar refractivity (Wildman–Crippen MR) is 128 cm³/mol. The van der Waals surface area contributed by atoms with Crippen LogP contribution in [0.1, 0.15) is 12.0 Å². The topological polar surface area (TPSA) is 89.3 Å². The summed E-state index contributed by atoms with van der Waals surface area (Å²) in [5.41, 5.74) is 2.77. The van der Waals surface area contributed by atoms with Crippen molar-refractivity contribution in [3.05, 3.63) is 60.2 Å². The summed E-state index contributed by atoms with van der Waals surface area (Å²) < 4.78 is 7.17. The van der Waals surface area contributed by atoms with Crippen LogP contribution in [0.3, 0.4) is 0 Å². The summed E-state index contributed by atoms with van der Waals surface area (Å²) in [5, 5.41) is 12.2. The minimum absolute atomic E-state index is 0.0196. The highest BCUT2D eigenvalue weighted by Crippen LogP contribution is 2.24. The Morgan fingerprint density at radius 2 is 1.76 bits per heavy atom. The molecular weight excluding hydrogens is 438 g/mol. The fourth-order valence-electron chi connectivity index (χ4n) is 3.55. The fourth-order valence-corrected chi connectivity index (χ4v) is 4.36. The van der Waals surface area contributed by atoms with E-state index in [-0.39, 0.29) is 11.8 Å². The second kappa shape index (κ2) is 11.1. The minimum atomic E-state index is -0.0196. The zero-order valence-electron chi connectivity index (χ0n) is 18.6. The second-order valence-electron chi connectivity index (χ2n) is 7.76. The summed E-state index contributed by atoms with van der Waals surface area (Å²) in [6, 6.07) is 17.5. The summed E-state index contributed by atoms with van der Waals surface area (Å²) in [6.07, 6.45) is 1.14. The van der Waals surface area contributed by atoms with Crippen molar-refractivity contribution in [2.75, 3.05) is 37.4 Å². The molecule has 1 fully saturated rings. The van der Waals surface area contributed by atoms with Gasteiger partial charge >= 0.3 is 0 Å². The Labute approximate surface area is 197 Å². The van der Waals surface area contributed by atoms with Gasteiger partial charge in [0.15, 0.2) is 11.0 Å². The highest BCUT2D eigenvalue weighted by molar-refractivity contribution is 7.99. The van der Waals surface area contributed by atoms with E-state index >= 15 is 0 Å². The molecule has 0 atom stereocenters. The highest BCUT2D eigenvalue weighted by Gasteiger charge is 2.19. The smallest absolute Gasteiger partial charge is 0.233 e. The van der Waals surface area contributed by atoms with E-state index in [2.05, 4.69) is 15.5 Å². The number of benzene rings is 2.